The van der Waals surface area contributed by atoms with Crippen LogP contribution in [-0.4, -0.2) is 31.3 Å². The Morgan fingerprint density at radius 1 is 1.29 bits per heavy atom. The number of nitrogens with one attached hydrogen (secondary N) is 1. The molecule has 2 heterocycles. The van der Waals surface area contributed by atoms with Crippen LogP contribution in [0, 0.1) is 5.82 Å². The molecule has 3 aromatic rings. The molecule has 0 bridgehead atoms. The van der Waals surface area contributed by atoms with E-state index in [1.165, 1.54) is 28.7 Å². The number of thioether (sulfide) groups is 1. The Bertz CT molecular complexity index is 754. The van der Waals surface area contributed by atoms with Crippen molar-refractivity contribution in [2.75, 3.05) is 5.75 Å². The molecule has 0 saturated heterocycles. The van der Waals surface area contributed by atoms with Gasteiger partial charge in [-0.25, -0.2) is 4.39 Å². The first-order valence-electron chi connectivity index (χ1n) is 6.20. The zero-order chi connectivity index (χ0) is 14.7. The standard InChI is InChI=1S/C14H11FN4OS/c15-10-4-1-2-6-12(10)19-9-17-18-14(19)21-8-13(20)11-5-3-7-16-11/h1-7,9,16H,8H2. The molecule has 3 rings (SSSR count). The molecule has 0 amide bonds. The van der Waals surface area contributed by atoms with Gasteiger partial charge in [0.1, 0.15) is 12.1 Å². The van der Waals surface area contributed by atoms with E-state index in [-0.39, 0.29) is 17.4 Å². The average molecular weight is 302 g/mol. The zero-order valence-electron chi connectivity index (χ0n) is 10.9. The van der Waals surface area contributed by atoms with Gasteiger partial charge < -0.3 is 4.98 Å². The topological polar surface area (TPSA) is 63.6 Å². The number of nitrogens with zero attached hydrogens (tertiary/aromatic N) is 3. The monoisotopic (exact) mass is 302 g/mol. The van der Waals surface area contributed by atoms with Gasteiger partial charge in [-0.3, -0.25) is 9.36 Å². The molecular formula is C14H11FN4OS. The number of hydrogen-bond acceptors (Lipinski definition) is 4. The number of halogens is 1. The number of aromatic amines is 1. The van der Waals surface area contributed by atoms with Gasteiger partial charge in [-0.2, -0.15) is 0 Å². The van der Waals surface area contributed by atoms with Gasteiger partial charge in [0.25, 0.3) is 0 Å². The molecule has 1 N–H and O–H groups in total. The van der Waals surface area contributed by atoms with Crippen LogP contribution in [0.2, 0.25) is 0 Å². The molecule has 0 radical (unpaired) electrons. The minimum atomic E-state index is -0.366. The first kappa shape index (κ1) is 13.6. The summed E-state index contributed by atoms with van der Waals surface area (Å²) in [4.78, 5) is 14.8. The van der Waals surface area contributed by atoms with E-state index in [1.807, 2.05) is 0 Å². The van der Waals surface area contributed by atoms with Gasteiger partial charge in [0, 0.05) is 6.20 Å². The number of carbonyl (C=O) groups is 1. The van der Waals surface area contributed by atoms with E-state index in [2.05, 4.69) is 15.2 Å². The third-order valence-corrected chi connectivity index (χ3v) is 3.80. The van der Waals surface area contributed by atoms with E-state index in [0.717, 1.165) is 0 Å². The molecule has 106 valence electrons. The van der Waals surface area contributed by atoms with Crippen LogP contribution in [0.4, 0.5) is 4.39 Å². The van der Waals surface area contributed by atoms with Crippen molar-refractivity contribution in [1.29, 1.82) is 0 Å². The molecule has 0 fully saturated rings. The first-order valence-corrected chi connectivity index (χ1v) is 7.18. The van der Waals surface area contributed by atoms with Crippen molar-refractivity contribution in [3.8, 4) is 5.69 Å². The summed E-state index contributed by atoms with van der Waals surface area (Å²) in [6.45, 7) is 0. The molecule has 0 aliphatic heterocycles. The van der Waals surface area contributed by atoms with Gasteiger partial charge in [-0.1, -0.05) is 23.9 Å². The second-order valence-corrected chi connectivity index (χ2v) is 5.17. The van der Waals surface area contributed by atoms with Crippen LogP contribution in [0.5, 0.6) is 0 Å². The molecule has 0 aliphatic rings. The highest BCUT2D eigenvalue weighted by Crippen LogP contribution is 2.21. The van der Waals surface area contributed by atoms with Crippen molar-refractivity contribution < 1.29 is 9.18 Å². The maximum atomic E-state index is 13.8. The van der Waals surface area contributed by atoms with E-state index in [4.69, 9.17) is 0 Å². The van der Waals surface area contributed by atoms with E-state index in [1.54, 1.807) is 36.5 Å². The number of aromatic nitrogens is 4. The SMILES string of the molecule is O=C(CSc1nncn1-c1ccccc1F)c1ccc[nH]1. The van der Waals surface area contributed by atoms with Crippen molar-refractivity contribution in [3.63, 3.8) is 0 Å². The summed E-state index contributed by atoms with van der Waals surface area (Å²) in [6.07, 6.45) is 3.12. The van der Waals surface area contributed by atoms with Gasteiger partial charge in [-0.15, -0.1) is 10.2 Å². The van der Waals surface area contributed by atoms with Gasteiger partial charge >= 0.3 is 0 Å². The lowest BCUT2D eigenvalue weighted by atomic mass is 10.3. The van der Waals surface area contributed by atoms with E-state index in [9.17, 15) is 9.18 Å². The molecule has 0 atom stereocenters. The number of ketones is 1. The second-order valence-electron chi connectivity index (χ2n) is 4.23. The molecule has 2 aromatic heterocycles. The van der Waals surface area contributed by atoms with Crippen LogP contribution in [0.25, 0.3) is 5.69 Å². The van der Waals surface area contributed by atoms with Crippen LogP contribution in [0.1, 0.15) is 10.5 Å². The van der Waals surface area contributed by atoms with Crippen LogP contribution in [0.15, 0.2) is 54.1 Å². The number of Topliss-reactive ketones (excluding diaryl/α,β-unsaturated/α-hetero) is 1. The fourth-order valence-electron chi connectivity index (χ4n) is 1.85. The number of para-hydroxylation sites is 1. The summed E-state index contributed by atoms with van der Waals surface area (Å²) in [7, 11) is 0. The highest BCUT2D eigenvalue weighted by atomic mass is 32.2. The highest BCUT2D eigenvalue weighted by molar-refractivity contribution is 7.99. The van der Waals surface area contributed by atoms with Gasteiger partial charge in [-0.05, 0) is 24.3 Å². The summed E-state index contributed by atoms with van der Waals surface area (Å²) in [5, 5.41) is 8.19. The lowest BCUT2D eigenvalue weighted by Crippen LogP contribution is -2.05. The molecular weight excluding hydrogens is 291 g/mol. The van der Waals surface area contributed by atoms with Gasteiger partial charge in [0.05, 0.1) is 17.1 Å². The Balaban J connectivity index is 1.78. The maximum absolute atomic E-state index is 13.8. The Kier molecular flexibility index (Phi) is 3.83. The van der Waals surface area contributed by atoms with Crippen LogP contribution in [0.3, 0.4) is 0 Å². The van der Waals surface area contributed by atoms with Crippen molar-refractivity contribution in [2.45, 2.75) is 5.16 Å². The number of H-pyrrole nitrogens is 1. The Labute approximate surface area is 124 Å². The summed E-state index contributed by atoms with van der Waals surface area (Å²) in [5.41, 5.74) is 0.900. The number of hydrogen-bond donors (Lipinski definition) is 1. The Hall–Kier alpha value is -2.41. The first-order chi connectivity index (χ1) is 10.3. The molecule has 0 saturated carbocycles. The quantitative estimate of drug-likeness (QED) is 0.581. The van der Waals surface area contributed by atoms with Crippen molar-refractivity contribution in [3.05, 3.63) is 60.4 Å². The van der Waals surface area contributed by atoms with Crippen LogP contribution in [-0.2, 0) is 0 Å². The lowest BCUT2D eigenvalue weighted by Gasteiger charge is -2.06. The zero-order valence-corrected chi connectivity index (χ0v) is 11.7. The minimum absolute atomic E-state index is 0.0481. The normalized spacial score (nSPS) is 10.7. The van der Waals surface area contributed by atoms with Crippen LogP contribution >= 0.6 is 11.8 Å². The molecule has 1 aromatic carbocycles. The molecule has 5 nitrogen and oxygen atoms in total. The molecule has 21 heavy (non-hydrogen) atoms. The molecule has 7 heteroatoms. The molecule has 0 unspecified atom stereocenters. The van der Waals surface area contributed by atoms with E-state index >= 15 is 0 Å². The highest BCUT2D eigenvalue weighted by Gasteiger charge is 2.13. The summed E-state index contributed by atoms with van der Waals surface area (Å²) in [6, 6.07) is 9.83. The van der Waals surface area contributed by atoms with Crippen molar-refractivity contribution >= 4 is 17.5 Å². The fraction of sp³-hybridized carbons (Fsp3) is 0.0714. The number of benzene rings is 1. The summed E-state index contributed by atoms with van der Waals surface area (Å²) in [5.74, 6) is -0.212. The van der Waals surface area contributed by atoms with Gasteiger partial charge in [0.2, 0.25) is 0 Å². The molecule has 0 aliphatic carbocycles. The van der Waals surface area contributed by atoms with Crippen molar-refractivity contribution in [2.24, 2.45) is 0 Å². The fourth-order valence-corrected chi connectivity index (χ4v) is 2.65. The Morgan fingerprint density at radius 2 is 2.14 bits per heavy atom. The third kappa shape index (κ3) is 2.87. The predicted molar refractivity (Wildman–Crippen MR) is 77.2 cm³/mol. The average Bonchev–Trinajstić information content (AvgIpc) is 3.17. The minimum Gasteiger partial charge on any atom is -0.359 e. The summed E-state index contributed by atoms with van der Waals surface area (Å²) >= 11 is 1.22. The lowest BCUT2D eigenvalue weighted by molar-refractivity contribution is 0.101. The number of rotatable bonds is 5. The predicted octanol–water partition coefficient (Wildman–Crippen LogP) is 2.71. The van der Waals surface area contributed by atoms with E-state index < -0.39 is 0 Å². The Morgan fingerprint density at radius 3 is 2.90 bits per heavy atom. The van der Waals surface area contributed by atoms with Crippen LogP contribution < -0.4 is 0 Å². The van der Waals surface area contributed by atoms with E-state index in [0.29, 0.717) is 16.5 Å². The maximum Gasteiger partial charge on any atom is 0.196 e. The largest absolute Gasteiger partial charge is 0.359 e. The second kappa shape index (κ2) is 5.92. The van der Waals surface area contributed by atoms with Crippen molar-refractivity contribution in [1.82, 2.24) is 19.7 Å². The number of carbonyl (C=O) groups excluding carboxylic acids is 1. The molecule has 0 spiro atoms. The smallest absolute Gasteiger partial charge is 0.196 e. The third-order valence-electron chi connectivity index (χ3n) is 2.86. The summed E-state index contributed by atoms with van der Waals surface area (Å²) < 4.78 is 15.3. The van der Waals surface area contributed by atoms with Gasteiger partial charge in [0.15, 0.2) is 10.9 Å².